The number of carbonyl (C=O) groups excluding carboxylic acids is 3. The number of carboxylic acids is 2. The van der Waals surface area contributed by atoms with Gasteiger partial charge in [0.1, 0.15) is 11.6 Å². The Bertz CT molecular complexity index is 1520. The number of carbonyl (C=O) groups is 5. The lowest BCUT2D eigenvalue weighted by Crippen LogP contribution is -2.43. The Labute approximate surface area is 258 Å². The van der Waals surface area contributed by atoms with E-state index in [1.165, 1.54) is 43.3 Å². The van der Waals surface area contributed by atoms with Crippen LogP contribution in [0.1, 0.15) is 40.5 Å². The summed E-state index contributed by atoms with van der Waals surface area (Å²) in [5.41, 5.74) is 2.01. The van der Waals surface area contributed by atoms with Gasteiger partial charge in [0.2, 0.25) is 5.91 Å². The van der Waals surface area contributed by atoms with Crippen molar-refractivity contribution in [2.75, 3.05) is 36.4 Å². The van der Waals surface area contributed by atoms with Crippen molar-refractivity contribution in [1.82, 2.24) is 4.90 Å². The lowest BCUT2D eigenvalue weighted by molar-refractivity contribution is -0.134. The molecule has 0 aromatic heterocycles. The van der Waals surface area contributed by atoms with Gasteiger partial charge >= 0.3 is 11.9 Å². The highest BCUT2D eigenvalue weighted by molar-refractivity contribution is 6.07. The first kappa shape index (κ1) is 34.3. The quantitative estimate of drug-likeness (QED) is 0.215. The van der Waals surface area contributed by atoms with Gasteiger partial charge in [-0.15, -0.1) is 0 Å². The van der Waals surface area contributed by atoms with E-state index in [0.717, 1.165) is 0 Å². The summed E-state index contributed by atoms with van der Waals surface area (Å²) in [6.07, 6.45) is 2.48. The fourth-order valence-corrected chi connectivity index (χ4v) is 4.71. The van der Waals surface area contributed by atoms with Gasteiger partial charge in [-0.3, -0.25) is 14.4 Å². The number of aliphatic carboxylic acids is 2. The summed E-state index contributed by atoms with van der Waals surface area (Å²) in [6, 6.07) is 18.1. The molecule has 0 aliphatic carbocycles. The van der Waals surface area contributed by atoms with Gasteiger partial charge in [-0.25, -0.2) is 18.4 Å². The minimum atomic E-state index is -1.26. The number of hydrogen-bond donors (Lipinski definition) is 3. The SMILES string of the molecule is CC(=O)Nc1cccc(C(=O)N(CCN2CCC(C(=O)c3ccc(F)cc3)CC2)c2ccc(F)cc2)c1.O=C(O)/C=C/C(=O)O. The molecule has 0 bridgehead atoms. The third-order valence-electron chi connectivity index (χ3n) is 6.91. The zero-order valence-corrected chi connectivity index (χ0v) is 24.5. The third kappa shape index (κ3) is 11.1. The van der Waals surface area contributed by atoms with Crippen LogP contribution in [0.2, 0.25) is 0 Å². The number of carboxylic acid groups (broad SMARTS) is 2. The maximum Gasteiger partial charge on any atom is 0.328 e. The largest absolute Gasteiger partial charge is 0.478 e. The second-order valence-electron chi connectivity index (χ2n) is 10.2. The summed E-state index contributed by atoms with van der Waals surface area (Å²) in [5.74, 6) is -3.86. The fraction of sp³-hybridized carbons (Fsp3) is 0.242. The molecule has 3 N–H and O–H groups in total. The van der Waals surface area contributed by atoms with Crippen molar-refractivity contribution in [1.29, 1.82) is 0 Å². The van der Waals surface area contributed by atoms with Crippen LogP contribution in [0.25, 0.3) is 0 Å². The summed E-state index contributed by atoms with van der Waals surface area (Å²) in [7, 11) is 0. The van der Waals surface area contributed by atoms with Gasteiger partial charge in [-0.2, -0.15) is 0 Å². The minimum absolute atomic E-state index is 0.0295. The molecule has 2 amide bonds. The average molecular weight is 622 g/mol. The zero-order valence-electron chi connectivity index (χ0n) is 24.5. The molecular weight excluding hydrogens is 588 g/mol. The third-order valence-corrected chi connectivity index (χ3v) is 6.91. The van der Waals surface area contributed by atoms with Gasteiger partial charge in [0, 0.05) is 60.6 Å². The number of likely N-dealkylation sites (tertiary alicyclic amines) is 1. The number of nitrogens with zero attached hydrogens (tertiary/aromatic N) is 2. The maximum absolute atomic E-state index is 13.6. The monoisotopic (exact) mass is 621 g/mol. The van der Waals surface area contributed by atoms with E-state index in [9.17, 15) is 32.8 Å². The summed E-state index contributed by atoms with van der Waals surface area (Å²) >= 11 is 0. The topological polar surface area (TPSA) is 144 Å². The molecule has 0 radical (unpaired) electrons. The highest BCUT2D eigenvalue weighted by Crippen LogP contribution is 2.24. The van der Waals surface area contributed by atoms with Crippen LogP contribution in [0.4, 0.5) is 20.2 Å². The number of anilines is 2. The zero-order chi connectivity index (χ0) is 32.9. The second kappa shape index (κ2) is 16.6. The number of piperidine rings is 1. The lowest BCUT2D eigenvalue weighted by atomic mass is 9.89. The van der Waals surface area contributed by atoms with Gasteiger partial charge in [-0.05, 0) is 92.7 Å². The van der Waals surface area contributed by atoms with E-state index in [-0.39, 0.29) is 29.3 Å². The summed E-state index contributed by atoms with van der Waals surface area (Å²) in [6.45, 7) is 3.73. The predicted molar refractivity (Wildman–Crippen MR) is 163 cm³/mol. The Kier molecular flexibility index (Phi) is 12.6. The van der Waals surface area contributed by atoms with Crippen LogP contribution in [0.3, 0.4) is 0 Å². The normalized spacial score (nSPS) is 13.4. The standard InChI is InChI=1S/C29H29F2N3O3.C4H4O4/c1-20(35)32-26-4-2-3-23(19-26)29(37)34(27-11-9-25(31)10-12-27)18-17-33-15-13-22(14-16-33)28(36)21-5-7-24(30)8-6-21;5-3(6)1-2-4(7)8/h2-12,19,22H,13-18H2,1H3,(H,32,35);1-2H,(H,5,6)(H,7,8)/b;2-1+. The first-order valence-electron chi connectivity index (χ1n) is 14.0. The minimum Gasteiger partial charge on any atom is -0.478 e. The molecule has 1 saturated heterocycles. The molecule has 12 heteroatoms. The number of nitrogens with one attached hydrogen (secondary N) is 1. The van der Waals surface area contributed by atoms with E-state index in [1.54, 1.807) is 41.3 Å². The number of benzene rings is 3. The molecule has 236 valence electrons. The lowest BCUT2D eigenvalue weighted by Gasteiger charge is -2.33. The van der Waals surface area contributed by atoms with Gasteiger partial charge in [0.15, 0.2) is 5.78 Å². The van der Waals surface area contributed by atoms with E-state index < -0.39 is 17.8 Å². The van der Waals surface area contributed by atoms with Crippen LogP contribution in [-0.2, 0) is 14.4 Å². The molecule has 3 aromatic carbocycles. The van der Waals surface area contributed by atoms with E-state index in [0.29, 0.717) is 73.7 Å². The van der Waals surface area contributed by atoms with Gasteiger partial charge in [0.05, 0.1) is 0 Å². The van der Waals surface area contributed by atoms with Crippen molar-refractivity contribution in [3.8, 4) is 0 Å². The fourth-order valence-electron chi connectivity index (χ4n) is 4.71. The first-order valence-corrected chi connectivity index (χ1v) is 14.0. The molecule has 1 heterocycles. The number of Topliss-reactive ketones (excluding diaryl/α,β-unsaturated/α-hetero) is 1. The van der Waals surface area contributed by atoms with Crippen LogP contribution < -0.4 is 10.2 Å². The number of rotatable bonds is 10. The molecule has 1 fully saturated rings. The first-order chi connectivity index (χ1) is 21.4. The molecule has 1 aliphatic rings. The Hall–Kier alpha value is -5.23. The van der Waals surface area contributed by atoms with Crippen LogP contribution in [0.15, 0.2) is 84.9 Å². The molecule has 0 atom stereocenters. The van der Waals surface area contributed by atoms with Crippen LogP contribution >= 0.6 is 0 Å². The van der Waals surface area contributed by atoms with Crippen LogP contribution in [-0.4, -0.2) is 70.8 Å². The molecule has 0 unspecified atom stereocenters. The molecule has 0 spiro atoms. The van der Waals surface area contributed by atoms with Crippen LogP contribution in [0.5, 0.6) is 0 Å². The van der Waals surface area contributed by atoms with Crippen LogP contribution in [0, 0.1) is 17.6 Å². The Morgan fingerprint density at radius 3 is 1.93 bits per heavy atom. The molecule has 3 aromatic rings. The van der Waals surface area contributed by atoms with Crippen molar-refractivity contribution in [3.05, 3.63) is 108 Å². The molecule has 45 heavy (non-hydrogen) atoms. The number of hydrogen-bond acceptors (Lipinski definition) is 6. The predicted octanol–water partition coefficient (Wildman–Crippen LogP) is 4.88. The summed E-state index contributed by atoms with van der Waals surface area (Å²) in [4.78, 5) is 60.6. The van der Waals surface area contributed by atoms with Crippen molar-refractivity contribution >= 4 is 40.9 Å². The van der Waals surface area contributed by atoms with Gasteiger partial charge in [-0.1, -0.05) is 6.07 Å². The van der Waals surface area contributed by atoms with E-state index in [1.807, 2.05) is 0 Å². The molecule has 1 aliphatic heterocycles. The second-order valence-corrected chi connectivity index (χ2v) is 10.2. The Morgan fingerprint density at radius 1 is 0.844 bits per heavy atom. The number of amides is 2. The van der Waals surface area contributed by atoms with Crippen molar-refractivity contribution < 1.29 is 43.0 Å². The van der Waals surface area contributed by atoms with E-state index in [4.69, 9.17) is 10.2 Å². The highest BCUT2D eigenvalue weighted by Gasteiger charge is 2.27. The van der Waals surface area contributed by atoms with E-state index in [2.05, 4.69) is 10.2 Å². The number of halogens is 2. The average Bonchev–Trinajstić information content (AvgIpc) is 3.01. The smallest absolute Gasteiger partial charge is 0.328 e. The maximum atomic E-state index is 13.6. The van der Waals surface area contributed by atoms with Gasteiger partial charge < -0.3 is 25.3 Å². The molecule has 0 saturated carbocycles. The van der Waals surface area contributed by atoms with Gasteiger partial charge in [0.25, 0.3) is 5.91 Å². The van der Waals surface area contributed by atoms with Crippen molar-refractivity contribution in [3.63, 3.8) is 0 Å². The van der Waals surface area contributed by atoms with E-state index >= 15 is 0 Å². The molecule has 10 nitrogen and oxygen atoms in total. The Balaban J connectivity index is 0.000000610. The summed E-state index contributed by atoms with van der Waals surface area (Å²) < 4.78 is 26.8. The molecule has 4 rings (SSSR count). The highest BCUT2D eigenvalue weighted by atomic mass is 19.1. The van der Waals surface area contributed by atoms with Crippen molar-refractivity contribution in [2.45, 2.75) is 19.8 Å². The molecular formula is C33H33F2N3O7. The Morgan fingerprint density at radius 2 is 1.40 bits per heavy atom. The summed E-state index contributed by atoms with van der Waals surface area (Å²) in [5, 5.41) is 18.3. The van der Waals surface area contributed by atoms with Crippen molar-refractivity contribution in [2.24, 2.45) is 5.92 Å². The number of ketones is 1.